The summed E-state index contributed by atoms with van der Waals surface area (Å²) in [6.45, 7) is -0.332. The summed E-state index contributed by atoms with van der Waals surface area (Å²) in [7, 11) is 0. The summed E-state index contributed by atoms with van der Waals surface area (Å²) in [4.78, 5) is 36.4. The molecule has 0 radical (unpaired) electrons. The molecule has 0 spiro atoms. The smallest absolute Gasteiger partial charge is 0.255 e. The third-order valence-electron chi connectivity index (χ3n) is 5.16. The Morgan fingerprint density at radius 1 is 1.30 bits per heavy atom. The Morgan fingerprint density at radius 3 is 2.52 bits per heavy atom. The highest BCUT2D eigenvalue weighted by atomic mass is 79.9. The molecule has 3 aliphatic rings. The minimum atomic E-state index is -0.638. The van der Waals surface area contributed by atoms with Crippen LogP contribution in [0.5, 0.6) is 5.75 Å². The average molecular weight is 453 g/mol. The zero-order valence-corrected chi connectivity index (χ0v) is 16.3. The molecule has 4 rings (SSSR count). The first-order valence-corrected chi connectivity index (χ1v) is 9.54. The third-order valence-corrected chi connectivity index (χ3v) is 5.96. The Balaban J connectivity index is 1.61. The summed E-state index contributed by atoms with van der Waals surface area (Å²) in [5.41, 5.74) is 5.53. The van der Waals surface area contributed by atoms with Gasteiger partial charge in [-0.1, -0.05) is 23.8 Å². The molecule has 0 unspecified atom stereocenters. The van der Waals surface area contributed by atoms with Gasteiger partial charge < -0.3 is 10.5 Å². The second kappa shape index (κ2) is 6.76. The van der Waals surface area contributed by atoms with Gasteiger partial charge in [-0.15, -0.1) is 0 Å². The first-order chi connectivity index (χ1) is 12.9. The number of hydrogen-bond acceptors (Lipinski definition) is 5. The molecule has 1 heterocycles. The van der Waals surface area contributed by atoms with E-state index in [1.165, 1.54) is 6.21 Å². The summed E-state index contributed by atoms with van der Waals surface area (Å²) < 4.78 is 5.90. The van der Waals surface area contributed by atoms with Crippen LogP contribution in [0.25, 0.3) is 0 Å². The second-order valence-electron chi connectivity index (χ2n) is 6.79. The summed E-state index contributed by atoms with van der Waals surface area (Å²) in [6.07, 6.45) is 6.23. The number of carbonyl (C=O) groups is 3. The van der Waals surface area contributed by atoms with Crippen LogP contribution in [-0.4, -0.2) is 35.6 Å². The van der Waals surface area contributed by atoms with Gasteiger partial charge >= 0.3 is 0 Å². The number of primary amides is 1. The van der Waals surface area contributed by atoms with Gasteiger partial charge in [0.1, 0.15) is 5.75 Å². The number of fused-ring (bicyclic) bond motifs is 5. The van der Waals surface area contributed by atoms with Crippen LogP contribution in [-0.2, 0) is 14.4 Å². The van der Waals surface area contributed by atoms with Crippen molar-refractivity contribution in [2.24, 2.45) is 34.5 Å². The van der Waals surface area contributed by atoms with E-state index in [0.29, 0.717) is 20.8 Å². The van der Waals surface area contributed by atoms with Gasteiger partial charge in [0, 0.05) is 10.6 Å². The lowest BCUT2D eigenvalue weighted by molar-refractivity contribution is -0.140. The largest absolute Gasteiger partial charge is 0.482 e. The van der Waals surface area contributed by atoms with E-state index in [1.807, 2.05) is 12.2 Å². The number of rotatable bonds is 5. The van der Waals surface area contributed by atoms with Crippen molar-refractivity contribution in [2.75, 3.05) is 6.61 Å². The standard InChI is InChI=1S/C18H15BrClN3O4/c19-12-5-11(20)4-10(16(12)27-7-13(21)24)6-22-23-17(25)14-8-1-2-9(3-8)15(14)18(23)26/h1-2,4-6,8-9,14-15H,3,7H2,(H2,21,24)/t8-,9-,14-,15+/m0/s1. The van der Waals surface area contributed by atoms with Crippen LogP contribution in [0.3, 0.4) is 0 Å². The van der Waals surface area contributed by atoms with Crippen molar-refractivity contribution >= 4 is 51.5 Å². The molecule has 3 amide bonds. The SMILES string of the molecule is NC(=O)COc1c(Br)cc(Cl)cc1C=NN1C(=O)[C@@H]2[C@H](C1=O)[C@H]1C=C[C@H]2C1. The zero-order valence-electron chi connectivity index (χ0n) is 14.0. The highest BCUT2D eigenvalue weighted by Crippen LogP contribution is 2.52. The molecule has 2 fully saturated rings. The van der Waals surface area contributed by atoms with Crippen molar-refractivity contribution in [1.82, 2.24) is 5.01 Å². The first-order valence-electron chi connectivity index (χ1n) is 8.37. The van der Waals surface area contributed by atoms with E-state index in [4.69, 9.17) is 22.1 Å². The van der Waals surface area contributed by atoms with E-state index in [9.17, 15) is 14.4 Å². The third kappa shape index (κ3) is 3.06. The Morgan fingerprint density at radius 2 is 1.93 bits per heavy atom. The van der Waals surface area contributed by atoms with Gasteiger partial charge in [-0.3, -0.25) is 14.4 Å². The Kier molecular flexibility index (Phi) is 4.55. The Labute approximate surface area is 168 Å². The van der Waals surface area contributed by atoms with Crippen LogP contribution in [0.4, 0.5) is 0 Å². The van der Waals surface area contributed by atoms with Gasteiger partial charge in [-0.2, -0.15) is 10.1 Å². The van der Waals surface area contributed by atoms with Gasteiger partial charge in [0.05, 0.1) is 22.5 Å². The second-order valence-corrected chi connectivity index (χ2v) is 8.08. The summed E-state index contributed by atoms with van der Waals surface area (Å²) in [5, 5.41) is 5.45. The molecule has 1 aromatic rings. The van der Waals surface area contributed by atoms with Crippen molar-refractivity contribution in [3.8, 4) is 5.75 Å². The number of halogens is 2. The maximum atomic E-state index is 12.7. The molecule has 2 aliphatic carbocycles. The lowest BCUT2D eigenvalue weighted by atomic mass is 9.85. The molecule has 1 aliphatic heterocycles. The minimum Gasteiger partial charge on any atom is -0.482 e. The van der Waals surface area contributed by atoms with Crippen LogP contribution < -0.4 is 10.5 Å². The van der Waals surface area contributed by atoms with Crippen molar-refractivity contribution in [3.05, 3.63) is 39.3 Å². The van der Waals surface area contributed by atoms with Gasteiger partial charge in [0.25, 0.3) is 17.7 Å². The average Bonchev–Trinajstić information content (AvgIpc) is 3.27. The summed E-state index contributed by atoms with van der Waals surface area (Å²) in [6, 6.07) is 3.15. The number of allylic oxidation sites excluding steroid dienone is 2. The predicted octanol–water partition coefficient (Wildman–Crippen LogP) is 2.11. The van der Waals surface area contributed by atoms with Crippen molar-refractivity contribution in [1.29, 1.82) is 0 Å². The highest BCUT2D eigenvalue weighted by molar-refractivity contribution is 9.10. The molecule has 4 atom stereocenters. The molecule has 140 valence electrons. The fourth-order valence-electron chi connectivity index (χ4n) is 4.09. The molecule has 0 aromatic heterocycles. The minimum absolute atomic E-state index is 0.117. The van der Waals surface area contributed by atoms with E-state index in [2.05, 4.69) is 21.0 Å². The Bertz CT molecular complexity index is 886. The first kappa shape index (κ1) is 18.2. The molecular weight excluding hydrogens is 438 g/mol. The molecule has 1 aromatic carbocycles. The van der Waals surface area contributed by atoms with Gasteiger partial charge in [-0.05, 0) is 46.3 Å². The number of amides is 3. The number of ether oxygens (including phenoxy) is 1. The van der Waals surface area contributed by atoms with E-state index in [-0.39, 0.29) is 42.1 Å². The van der Waals surface area contributed by atoms with E-state index < -0.39 is 5.91 Å². The van der Waals surface area contributed by atoms with Gasteiger partial charge in [-0.25, -0.2) is 0 Å². The van der Waals surface area contributed by atoms with Crippen LogP contribution in [0.2, 0.25) is 5.02 Å². The zero-order chi connectivity index (χ0) is 19.3. The quantitative estimate of drug-likeness (QED) is 0.420. The number of imide groups is 1. The molecule has 1 saturated heterocycles. The number of hydrazone groups is 1. The maximum Gasteiger partial charge on any atom is 0.255 e. The van der Waals surface area contributed by atoms with E-state index >= 15 is 0 Å². The van der Waals surface area contributed by atoms with Crippen LogP contribution in [0, 0.1) is 23.7 Å². The number of benzene rings is 1. The maximum absolute atomic E-state index is 12.7. The molecule has 7 nitrogen and oxygen atoms in total. The van der Waals surface area contributed by atoms with Crippen molar-refractivity contribution in [3.63, 3.8) is 0 Å². The van der Waals surface area contributed by atoms with Gasteiger partial charge in [0.15, 0.2) is 6.61 Å². The lowest BCUT2D eigenvalue weighted by Crippen LogP contribution is -2.28. The lowest BCUT2D eigenvalue weighted by Gasteiger charge is -2.13. The highest BCUT2D eigenvalue weighted by Gasteiger charge is 2.59. The van der Waals surface area contributed by atoms with E-state index in [0.717, 1.165) is 11.4 Å². The molecule has 27 heavy (non-hydrogen) atoms. The number of hydrogen-bond donors (Lipinski definition) is 1. The van der Waals surface area contributed by atoms with Crippen molar-refractivity contribution in [2.45, 2.75) is 6.42 Å². The fourth-order valence-corrected chi connectivity index (χ4v) is 5.04. The van der Waals surface area contributed by atoms with Gasteiger partial charge in [0.2, 0.25) is 0 Å². The number of carbonyl (C=O) groups excluding carboxylic acids is 3. The van der Waals surface area contributed by atoms with Crippen LogP contribution in [0.15, 0.2) is 33.9 Å². The summed E-state index contributed by atoms with van der Waals surface area (Å²) in [5.74, 6) is -1.30. The normalized spacial score (nSPS) is 28.4. The molecule has 9 heteroatoms. The van der Waals surface area contributed by atoms with Crippen LogP contribution >= 0.6 is 27.5 Å². The number of nitrogens with zero attached hydrogens (tertiary/aromatic N) is 2. The van der Waals surface area contributed by atoms with E-state index in [1.54, 1.807) is 12.1 Å². The fraction of sp³-hybridized carbons (Fsp3) is 0.333. The molecule has 1 saturated carbocycles. The summed E-state index contributed by atoms with van der Waals surface area (Å²) >= 11 is 9.38. The molecule has 2 N–H and O–H groups in total. The molecule has 2 bridgehead atoms. The number of nitrogens with two attached hydrogens (primary N) is 1. The molecular formula is C18H15BrClN3O4. The topological polar surface area (TPSA) is 102 Å². The van der Waals surface area contributed by atoms with Crippen molar-refractivity contribution < 1.29 is 19.1 Å². The Hall–Kier alpha value is -2.19. The monoisotopic (exact) mass is 451 g/mol. The van der Waals surface area contributed by atoms with Crippen LogP contribution in [0.1, 0.15) is 12.0 Å². The predicted molar refractivity (Wildman–Crippen MR) is 101 cm³/mol.